The first-order valence-corrected chi connectivity index (χ1v) is 6.27. The zero-order chi connectivity index (χ0) is 12.6. The Morgan fingerprint density at radius 1 is 1.39 bits per heavy atom. The molecule has 1 aliphatic carbocycles. The van der Waals surface area contributed by atoms with Crippen LogP contribution in [0.2, 0.25) is 0 Å². The summed E-state index contributed by atoms with van der Waals surface area (Å²) in [6, 6.07) is 8.64. The number of benzene rings is 1. The Labute approximate surface area is 106 Å². The Hall–Kier alpha value is -1.91. The number of nitrogens with one attached hydrogen (secondary N) is 1. The molecule has 1 fully saturated rings. The molecule has 1 atom stereocenters. The van der Waals surface area contributed by atoms with Gasteiger partial charge in [0.05, 0.1) is 5.69 Å². The molecule has 0 saturated heterocycles. The molecule has 2 aromatic rings. The lowest BCUT2D eigenvalue weighted by atomic mass is 10.0. The predicted molar refractivity (Wildman–Crippen MR) is 69.6 cm³/mol. The van der Waals surface area contributed by atoms with E-state index in [1.165, 1.54) is 12.8 Å². The number of nitrogens with zero attached hydrogens (tertiary/aromatic N) is 4. The lowest BCUT2D eigenvalue weighted by Gasteiger charge is -2.21. The molecule has 1 unspecified atom stereocenters. The molecule has 1 aliphatic rings. The van der Waals surface area contributed by atoms with Gasteiger partial charge in [-0.25, -0.2) is 4.68 Å². The quantitative estimate of drug-likeness (QED) is 0.895. The van der Waals surface area contributed by atoms with Gasteiger partial charge in [0.2, 0.25) is 0 Å². The zero-order valence-electron chi connectivity index (χ0n) is 10.7. The molecule has 5 nitrogen and oxygen atoms in total. The minimum absolute atomic E-state index is 0.463. The first kappa shape index (κ1) is 11.2. The van der Waals surface area contributed by atoms with Crippen LogP contribution in [0.1, 0.15) is 26.7 Å². The minimum atomic E-state index is 0.463. The fraction of sp³-hybridized carbons (Fsp3) is 0.462. The maximum absolute atomic E-state index is 3.90. The number of tetrazole rings is 1. The Balaban J connectivity index is 1.79. The van der Waals surface area contributed by atoms with E-state index in [-0.39, 0.29) is 0 Å². The van der Waals surface area contributed by atoms with Gasteiger partial charge < -0.3 is 5.32 Å². The molecule has 0 aliphatic heterocycles. The van der Waals surface area contributed by atoms with Crippen LogP contribution in [0.15, 0.2) is 30.6 Å². The smallest absolute Gasteiger partial charge is 0.143 e. The predicted octanol–water partition coefficient (Wildman–Crippen LogP) is 2.26. The van der Waals surface area contributed by atoms with Crippen LogP contribution >= 0.6 is 0 Å². The van der Waals surface area contributed by atoms with Crippen molar-refractivity contribution < 1.29 is 0 Å². The van der Waals surface area contributed by atoms with Crippen LogP contribution in [-0.2, 0) is 0 Å². The molecule has 1 aromatic heterocycles. The molecule has 0 amide bonds. The molecule has 5 heteroatoms. The molecule has 1 heterocycles. The molecule has 18 heavy (non-hydrogen) atoms. The molecular formula is C13H17N5. The van der Waals surface area contributed by atoms with E-state index in [1.807, 2.05) is 12.1 Å². The number of aromatic nitrogens is 4. The zero-order valence-corrected chi connectivity index (χ0v) is 10.7. The van der Waals surface area contributed by atoms with Gasteiger partial charge in [-0.1, -0.05) is 13.0 Å². The van der Waals surface area contributed by atoms with Gasteiger partial charge in [0.1, 0.15) is 6.33 Å². The Morgan fingerprint density at radius 3 is 2.89 bits per heavy atom. The van der Waals surface area contributed by atoms with Crippen LogP contribution in [0, 0.1) is 5.41 Å². The van der Waals surface area contributed by atoms with Crippen molar-refractivity contribution in [3.63, 3.8) is 0 Å². The SMILES string of the molecule is CC(Nc1cccc(-n2cnnn2)c1)C1(C)CC1. The summed E-state index contributed by atoms with van der Waals surface area (Å²) >= 11 is 0. The first-order valence-electron chi connectivity index (χ1n) is 6.27. The second-order valence-corrected chi connectivity index (χ2v) is 5.32. The summed E-state index contributed by atoms with van der Waals surface area (Å²) < 4.78 is 1.66. The number of hydrogen-bond acceptors (Lipinski definition) is 4. The summed E-state index contributed by atoms with van der Waals surface area (Å²) in [5.74, 6) is 0. The standard InChI is InChI=1S/C13H17N5/c1-10(13(2)6-7-13)15-11-4-3-5-12(8-11)18-9-14-16-17-18/h3-5,8-10,15H,6-7H2,1-2H3. The van der Waals surface area contributed by atoms with Crippen LogP contribution in [0.25, 0.3) is 5.69 Å². The number of hydrogen-bond donors (Lipinski definition) is 1. The Morgan fingerprint density at radius 2 is 2.22 bits per heavy atom. The van der Waals surface area contributed by atoms with E-state index in [9.17, 15) is 0 Å². The second kappa shape index (κ2) is 4.08. The normalized spacial score (nSPS) is 18.3. The third-order valence-corrected chi connectivity index (χ3v) is 3.93. The highest BCUT2D eigenvalue weighted by Crippen LogP contribution is 2.48. The lowest BCUT2D eigenvalue weighted by molar-refractivity contribution is 0.493. The van der Waals surface area contributed by atoms with E-state index >= 15 is 0 Å². The van der Waals surface area contributed by atoms with Gasteiger partial charge in [0, 0.05) is 11.7 Å². The van der Waals surface area contributed by atoms with Gasteiger partial charge in [0.25, 0.3) is 0 Å². The second-order valence-electron chi connectivity index (χ2n) is 5.32. The van der Waals surface area contributed by atoms with Crippen LogP contribution in [-0.4, -0.2) is 26.2 Å². The maximum atomic E-state index is 3.90. The van der Waals surface area contributed by atoms with Crippen molar-refractivity contribution in [3.05, 3.63) is 30.6 Å². The minimum Gasteiger partial charge on any atom is -0.382 e. The first-order chi connectivity index (χ1) is 8.67. The van der Waals surface area contributed by atoms with Crippen molar-refractivity contribution in [2.24, 2.45) is 5.41 Å². The van der Waals surface area contributed by atoms with Crippen molar-refractivity contribution in [1.82, 2.24) is 20.2 Å². The van der Waals surface area contributed by atoms with Crippen LogP contribution < -0.4 is 5.32 Å². The fourth-order valence-corrected chi connectivity index (χ4v) is 2.07. The number of rotatable bonds is 4. The largest absolute Gasteiger partial charge is 0.382 e. The van der Waals surface area contributed by atoms with Crippen molar-refractivity contribution in [2.45, 2.75) is 32.7 Å². The molecule has 0 radical (unpaired) electrons. The summed E-state index contributed by atoms with van der Waals surface area (Å²) in [4.78, 5) is 0. The molecule has 3 rings (SSSR count). The highest BCUT2D eigenvalue weighted by atomic mass is 15.5. The van der Waals surface area contributed by atoms with Crippen molar-refractivity contribution in [3.8, 4) is 5.69 Å². The highest BCUT2D eigenvalue weighted by molar-refractivity contribution is 5.51. The topological polar surface area (TPSA) is 55.6 Å². The summed E-state index contributed by atoms with van der Waals surface area (Å²) in [7, 11) is 0. The van der Waals surface area contributed by atoms with E-state index in [2.05, 4.69) is 46.8 Å². The fourth-order valence-electron chi connectivity index (χ4n) is 2.07. The average Bonchev–Trinajstić information content (AvgIpc) is 2.93. The molecule has 0 spiro atoms. The maximum Gasteiger partial charge on any atom is 0.143 e. The lowest BCUT2D eigenvalue weighted by Crippen LogP contribution is -2.24. The van der Waals surface area contributed by atoms with Gasteiger partial charge in [-0.2, -0.15) is 0 Å². The molecular weight excluding hydrogens is 226 g/mol. The molecule has 1 aromatic carbocycles. The van der Waals surface area contributed by atoms with Crippen molar-refractivity contribution in [1.29, 1.82) is 0 Å². The third kappa shape index (κ3) is 2.08. The van der Waals surface area contributed by atoms with Gasteiger partial charge in [-0.3, -0.25) is 0 Å². The van der Waals surface area contributed by atoms with Crippen molar-refractivity contribution in [2.75, 3.05) is 5.32 Å². The Bertz CT molecular complexity index is 530. The molecule has 1 saturated carbocycles. The third-order valence-electron chi connectivity index (χ3n) is 3.93. The van der Waals surface area contributed by atoms with Gasteiger partial charge in [-0.15, -0.1) is 5.10 Å². The van der Waals surface area contributed by atoms with E-state index < -0.39 is 0 Å². The van der Waals surface area contributed by atoms with Crippen molar-refractivity contribution >= 4 is 5.69 Å². The van der Waals surface area contributed by atoms with E-state index in [0.717, 1.165) is 11.4 Å². The summed E-state index contributed by atoms with van der Waals surface area (Å²) in [6.07, 6.45) is 4.23. The monoisotopic (exact) mass is 243 g/mol. The van der Waals surface area contributed by atoms with Gasteiger partial charge >= 0.3 is 0 Å². The van der Waals surface area contributed by atoms with Gasteiger partial charge in [0.15, 0.2) is 0 Å². The number of anilines is 1. The summed E-state index contributed by atoms with van der Waals surface area (Å²) in [5.41, 5.74) is 2.55. The average molecular weight is 243 g/mol. The van der Waals surface area contributed by atoms with Crippen LogP contribution in [0.4, 0.5) is 5.69 Å². The molecule has 1 N–H and O–H groups in total. The highest BCUT2D eigenvalue weighted by Gasteiger charge is 2.42. The summed E-state index contributed by atoms with van der Waals surface area (Å²) in [5, 5.41) is 14.8. The van der Waals surface area contributed by atoms with Crippen LogP contribution in [0.3, 0.4) is 0 Å². The van der Waals surface area contributed by atoms with E-state index in [0.29, 0.717) is 11.5 Å². The summed E-state index contributed by atoms with van der Waals surface area (Å²) in [6.45, 7) is 4.58. The van der Waals surface area contributed by atoms with E-state index in [1.54, 1.807) is 11.0 Å². The van der Waals surface area contributed by atoms with E-state index in [4.69, 9.17) is 0 Å². The molecule has 0 bridgehead atoms. The van der Waals surface area contributed by atoms with Gasteiger partial charge in [-0.05, 0) is 53.8 Å². The Kier molecular flexibility index (Phi) is 2.54. The van der Waals surface area contributed by atoms with Crippen LogP contribution in [0.5, 0.6) is 0 Å². The molecule has 94 valence electrons.